The molecule has 37 heavy (non-hydrogen) atoms. The van der Waals surface area contributed by atoms with E-state index in [1.807, 2.05) is 49.4 Å². The van der Waals surface area contributed by atoms with Crippen molar-refractivity contribution in [2.75, 3.05) is 13.7 Å². The van der Waals surface area contributed by atoms with Gasteiger partial charge >= 0.3 is 5.97 Å². The van der Waals surface area contributed by atoms with E-state index >= 15 is 0 Å². The number of benzene rings is 2. The van der Waals surface area contributed by atoms with Crippen molar-refractivity contribution in [2.45, 2.75) is 35.7 Å². The number of ether oxygens (including phenoxy) is 2. The lowest BCUT2D eigenvalue weighted by Gasteiger charge is -2.19. The third kappa shape index (κ3) is 11.8. The maximum absolute atomic E-state index is 12.7. The van der Waals surface area contributed by atoms with Crippen molar-refractivity contribution in [3.8, 4) is 5.75 Å². The van der Waals surface area contributed by atoms with Crippen LogP contribution in [0.15, 0.2) is 66.8 Å². The van der Waals surface area contributed by atoms with Gasteiger partial charge in [0.1, 0.15) is 18.4 Å². The lowest BCUT2D eigenvalue weighted by molar-refractivity contribution is -0.147. The van der Waals surface area contributed by atoms with Gasteiger partial charge in [0.2, 0.25) is 9.70 Å². The number of methoxy groups -OCH3 is 1. The number of nitrogens with one attached hydrogen (secondary N) is 1. The molecule has 1 amide bonds. The fourth-order valence-electron chi connectivity index (χ4n) is 3.22. The minimum absolute atomic E-state index is 0.0753. The highest BCUT2D eigenvalue weighted by Crippen LogP contribution is 2.27. The summed E-state index contributed by atoms with van der Waals surface area (Å²) in [5.74, 6) is -0.994. The Balaban J connectivity index is 2.00. The highest BCUT2D eigenvalue weighted by atomic mass is 35.6. The number of esters is 1. The van der Waals surface area contributed by atoms with E-state index in [0.717, 1.165) is 5.56 Å². The molecule has 0 bridgehead atoms. The van der Waals surface area contributed by atoms with Gasteiger partial charge in [0, 0.05) is 12.3 Å². The van der Waals surface area contributed by atoms with E-state index in [1.165, 1.54) is 13.2 Å². The number of aliphatic hydroxyl groups is 1. The molecule has 0 fully saturated rings. The average Bonchev–Trinajstić information content (AvgIpc) is 2.85. The summed E-state index contributed by atoms with van der Waals surface area (Å²) >= 11 is 23.2. The molecule has 0 aliphatic carbocycles. The number of rotatable bonds is 12. The predicted molar refractivity (Wildman–Crippen MR) is 149 cm³/mol. The third-order valence-electron chi connectivity index (χ3n) is 5.28. The fourth-order valence-corrected chi connectivity index (χ4v) is 3.67. The average molecular weight is 589 g/mol. The number of hydrogen-bond acceptors (Lipinski definition) is 5. The van der Waals surface area contributed by atoms with E-state index in [4.69, 9.17) is 55.9 Å². The van der Waals surface area contributed by atoms with E-state index < -0.39 is 34.4 Å². The van der Waals surface area contributed by atoms with Crippen LogP contribution in [0, 0.1) is 5.92 Å². The van der Waals surface area contributed by atoms with Crippen LogP contribution in [0.1, 0.15) is 24.5 Å². The van der Waals surface area contributed by atoms with Gasteiger partial charge in [-0.1, -0.05) is 108 Å². The van der Waals surface area contributed by atoms with Gasteiger partial charge in [-0.25, -0.2) is 4.79 Å². The van der Waals surface area contributed by atoms with Crippen LogP contribution >= 0.6 is 46.4 Å². The Morgan fingerprint density at radius 2 is 1.84 bits per heavy atom. The summed E-state index contributed by atoms with van der Waals surface area (Å²) in [5.41, 5.74) is 1.68. The van der Waals surface area contributed by atoms with Gasteiger partial charge in [0.25, 0.3) is 0 Å². The second kappa shape index (κ2) is 15.3. The quantitative estimate of drug-likeness (QED) is 0.182. The first kappa shape index (κ1) is 31.0. The van der Waals surface area contributed by atoms with Gasteiger partial charge in [-0.15, -0.1) is 0 Å². The normalized spacial score (nSPS) is 14.4. The number of halogens is 4. The third-order valence-corrected chi connectivity index (χ3v) is 5.90. The number of carbonyl (C=O) groups is 2. The molecule has 2 aromatic carbocycles. The van der Waals surface area contributed by atoms with Crippen molar-refractivity contribution < 1.29 is 24.2 Å². The molecule has 0 aromatic heterocycles. The van der Waals surface area contributed by atoms with Crippen LogP contribution in [0.25, 0.3) is 6.08 Å². The Labute approximate surface area is 237 Å². The van der Waals surface area contributed by atoms with Crippen molar-refractivity contribution in [3.05, 3.63) is 82.9 Å². The summed E-state index contributed by atoms with van der Waals surface area (Å²) < 4.78 is 8.42. The molecular weight excluding hydrogens is 560 g/mol. The largest absolute Gasteiger partial charge is 0.495 e. The molecule has 0 saturated heterocycles. The molecule has 2 aromatic rings. The van der Waals surface area contributed by atoms with E-state index in [0.29, 0.717) is 16.3 Å². The summed E-state index contributed by atoms with van der Waals surface area (Å²) in [7, 11) is 1.49. The van der Waals surface area contributed by atoms with Gasteiger partial charge in [-0.2, -0.15) is 0 Å². The second-order valence-electron chi connectivity index (χ2n) is 8.29. The van der Waals surface area contributed by atoms with Crippen LogP contribution in [-0.2, 0) is 20.7 Å². The van der Waals surface area contributed by atoms with Gasteiger partial charge in [0.05, 0.1) is 18.2 Å². The molecule has 0 radical (unpaired) electrons. The van der Waals surface area contributed by atoms with Gasteiger partial charge < -0.3 is 19.9 Å². The molecule has 0 aliphatic heterocycles. The van der Waals surface area contributed by atoms with Crippen LogP contribution in [0.3, 0.4) is 0 Å². The minimum Gasteiger partial charge on any atom is -0.495 e. The summed E-state index contributed by atoms with van der Waals surface area (Å²) in [6.45, 7) is 1.40. The topological polar surface area (TPSA) is 84.9 Å². The molecule has 0 saturated carbocycles. The van der Waals surface area contributed by atoms with Crippen molar-refractivity contribution in [1.82, 2.24) is 5.32 Å². The molecule has 2 N–H and O–H groups in total. The summed E-state index contributed by atoms with van der Waals surface area (Å²) in [4.78, 5) is 25.2. The van der Waals surface area contributed by atoms with E-state index in [9.17, 15) is 14.7 Å². The lowest BCUT2D eigenvalue weighted by atomic mass is 10.00. The zero-order valence-corrected chi connectivity index (χ0v) is 23.4. The molecule has 0 aliphatic rings. The summed E-state index contributed by atoms with van der Waals surface area (Å²) in [6.07, 6.45) is 6.26. The molecule has 6 nitrogen and oxygen atoms in total. The first-order valence-electron chi connectivity index (χ1n) is 11.4. The van der Waals surface area contributed by atoms with Crippen molar-refractivity contribution in [2.24, 2.45) is 5.92 Å². The minimum atomic E-state index is -1.80. The van der Waals surface area contributed by atoms with Gasteiger partial charge in [-0.3, -0.25) is 4.79 Å². The number of carbonyl (C=O) groups excluding carboxylic acids is 2. The Morgan fingerprint density at radius 3 is 2.46 bits per heavy atom. The van der Waals surface area contributed by atoms with Crippen LogP contribution in [0.5, 0.6) is 5.75 Å². The maximum atomic E-state index is 12.7. The van der Waals surface area contributed by atoms with Crippen molar-refractivity contribution in [3.63, 3.8) is 0 Å². The van der Waals surface area contributed by atoms with Crippen LogP contribution in [0.4, 0.5) is 0 Å². The molecule has 2 rings (SSSR count). The zero-order valence-electron chi connectivity index (χ0n) is 20.4. The number of hydrogen-bond donors (Lipinski definition) is 2. The monoisotopic (exact) mass is 587 g/mol. The van der Waals surface area contributed by atoms with Crippen molar-refractivity contribution in [1.29, 1.82) is 0 Å². The number of amides is 1. The highest BCUT2D eigenvalue weighted by Gasteiger charge is 2.27. The van der Waals surface area contributed by atoms with E-state index in [2.05, 4.69) is 5.32 Å². The molecule has 3 atom stereocenters. The summed E-state index contributed by atoms with van der Waals surface area (Å²) in [6, 6.07) is 13.6. The molecular formula is C27H29Cl4NO5. The standard InChI is InChI=1S/C27H29Cl4NO5/c1-18(11-12-19-7-4-3-5-8-19)23(33)9-6-10-25(34)32-22(26(35)37-17-27(29,30)31)16-20-13-14-24(36-2)21(28)15-20/h3-8,10-15,18,22-23,33H,9,16-17H2,1-2H3,(H,32,34)/b10-6+,12-11+. The van der Waals surface area contributed by atoms with E-state index in [1.54, 1.807) is 24.3 Å². The fraction of sp³-hybridized carbons (Fsp3) is 0.333. The predicted octanol–water partition coefficient (Wildman–Crippen LogP) is 5.95. The SMILES string of the molecule is COc1ccc(CC(NC(=O)/C=C/CC(O)C(C)/C=C/c2ccccc2)C(=O)OCC(Cl)(Cl)Cl)cc1Cl. The van der Waals surface area contributed by atoms with Gasteiger partial charge in [0.15, 0.2) is 0 Å². The molecule has 3 unspecified atom stereocenters. The van der Waals surface area contributed by atoms with Crippen molar-refractivity contribution >= 4 is 64.4 Å². The zero-order chi connectivity index (χ0) is 27.4. The van der Waals surface area contributed by atoms with Crippen LogP contribution < -0.4 is 10.1 Å². The Bertz CT molecular complexity index is 1090. The van der Waals surface area contributed by atoms with Gasteiger partial charge in [-0.05, 0) is 35.8 Å². The smallest absolute Gasteiger partial charge is 0.329 e. The van der Waals surface area contributed by atoms with Crippen LogP contribution in [-0.4, -0.2) is 46.6 Å². The first-order valence-corrected chi connectivity index (χ1v) is 12.9. The number of aliphatic hydroxyl groups excluding tert-OH is 1. The lowest BCUT2D eigenvalue weighted by Crippen LogP contribution is -2.43. The summed E-state index contributed by atoms with van der Waals surface area (Å²) in [5, 5.41) is 13.4. The highest BCUT2D eigenvalue weighted by molar-refractivity contribution is 6.67. The number of alkyl halides is 3. The molecule has 0 heterocycles. The van der Waals surface area contributed by atoms with E-state index in [-0.39, 0.29) is 18.8 Å². The molecule has 10 heteroatoms. The first-order chi connectivity index (χ1) is 17.5. The Kier molecular flexibility index (Phi) is 12.8. The van der Waals surface area contributed by atoms with Crippen LogP contribution in [0.2, 0.25) is 5.02 Å². The maximum Gasteiger partial charge on any atom is 0.329 e. The Hall–Kier alpha value is -2.22. The second-order valence-corrected chi connectivity index (χ2v) is 11.2. The molecule has 0 spiro atoms. The molecule has 200 valence electrons. The Morgan fingerprint density at radius 1 is 1.14 bits per heavy atom.